The quantitative estimate of drug-likeness (QED) is 0.784. The van der Waals surface area contributed by atoms with Crippen molar-refractivity contribution in [3.63, 3.8) is 0 Å². The highest BCUT2D eigenvalue weighted by Crippen LogP contribution is 2.36. The first-order valence-corrected chi connectivity index (χ1v) is 8.07. The van der Waals surface area contributed by atoms with E-state index in [9.17, 15) is 8.42 Å². The molecule has 4 nitrogen and oxygen atoms in total. The molecule has 2 rings (SSSR count). The smallest absolute Gasteiger partial charge is 0.247 e. The number of sulfonamides is 1. The molecule has 0 spiro atoms. The van der Waals surface area contributed by atoms with Crippen molar-refractivity contribution < 1.29 is 12.8 Å². The van der Waals surface area contributed by atoms with E-state index in [1.54, 1.807) is 18.2 Å². The predicted octanol–water partition coefficient (Wildman–Crippen LogP) is 2.81. The Labute approximate surface area is 113 Å². The van der Waals surface area contributed by atoms with Crippen LogP contribution in [0.5, 0.6) is 0 Å². The molecular weight excluding hydrogens is 274 g/mol. The van der Waals surface area contributed by atoms with Crippen LogP contribution in [0.25, 0.3) is 0 Å². The summed E-state index contributed by atoms with van der Waals surface area (Å²) in [6.07, 6.45) is 1.89. The topological polar surface area (TPSA) is 50.5 Å². The Morgan fingerprint density at radius 2 is 1.94 bits per heavy atom. The van der Waals surface area contributed by atoms with Gasteiger partial charge < -0.3 is 4.42 Å². The fraction of sp³-hybridized carbons (Fsp3) is 0.667. The zero-order chi connectivity index (χ0) is 13.5. The summed E-state index contributed by atoms with van der Waals surface area (Å²) in [4.78, 5) is 0.267. The molecular formula is C12H18ClNO3S. The van der Waals surface area contributed by atoms with Gasteiger partial charge in [0.05, 0.1) is 5.88 Å². The lowest BCUT2D eigenvalue weighted by Crippen LogP contribution is -2.33. The molecule has 0 radical (unpaired) electrons. The summed E-state index contributed by atoms with van der Waals surface area (Å²) in [5, 5.41) is 0. The summed E-state index contributed by atoms with van der Waals surface area (Å²) < 4.78 is 32.3. The van der Waals surface area contributed by atoms with Crippen LogP contribution in [-0.2, 0) is 15.9 Å². The maximum absolute atomic E-state index is 12.7. The van der Waals surface area contributed by atoms with E-state index < -0.39 is 10.0 Å². The Morgan fingerprint density at radius 3 is 2.39 bits per heavy atom. The number of aryl methyl sites for hydroxylation is 2. The van der Waals surface area contributed by atoms with E-state index in [0.29, 0.717) is 23.6 Å². The average molecular weight is 292 g/mol. The van der Waals surface area contributed by atoms with Crippen LogP contribution in [0.4, 0.5) is 0 Å². The van der Waals surface area contributed by atoms with Gasteiger partial charge in [-0.25, -0.2) is 8.42 Å². The van der Waals surface area contributed by atoms with Gasteiger partial charge in [-0.3, -0.25) is 0 Å². The van der Waals surface area contributed by atoms with Crippen molar-refractivity contribution >= 4 is 21.6 Å². The molecule has 1 aromatic heterocycles. The van der Waals surface area contributed by atoms with Crippen molar-refractivity contribution in [2.45, 2.75) is 50.4 Å². The Hall–Kier alpha value is -0.520. The number of hydrogen-bond donors (Lipinski definition) is 0. The maximum Gasteiger partial charge on any atom is 0.247 e. The molecule has 0 aliphatic heterocycles. The van der Waals surface area contributed by atoms with Crippen LogP contribution < -0.4 is 0 Å². The lowest BCUT2D eigenvalue weighted by atomic mass is 10.3. The lowest BCUT2D eigenvalue weighted by molar-refractivity contribution is 0.418. The summed E-state index contributed by atoms with van der Waals surface area (Å²) in [6, 6.07) is 0.151. The highest BCUT2D eigenvalue weighted by molar-refractivity contribution is 7.89. The van der Waals surface area contributed by atoms with Crippen LogP contribution in [0, 0.1) is 13.8 Å². The summed E-state index contributed by atoms with van der Waals surface area (Å²) >= 11 is 5.86. The van der Waals surface area contributed by atoms with Crippen molar-refractivity contribution in [1.82, 2.24) is 4.31 Å². The molecule has 1 fully saturated rings. The van der Waals surface area contributed by atoms with Crippen LogP contribution in [0.2, 0.25) is 0 Å². The zero-order valence-electron chi connectivity index (χ0n) is 10.9. The summed E-state index contributed by atoms with van der Waals surface area (Å²) in [5.74, 6) is 1.18. The normalized spacial score (nSPS) is 16.5. The largest absolute Gasteiger partial charge is 0.465 e. The molecule has 0 bridgehead atoms. The van der Waals surface area contributed by atoms with Gasteiger partial charge in [0.25, 0.3) is 0 Å². The molecule has 0 saturated heterocycles. The summed E-state index contributed by atoms with van der Waals surface area (Å²) in [5.41, 5.74) is 0.591. The van der Waals surface area contributed by atoms with Crippen LogP contribution in [0.15, 0.2) is 9.31 Å². The number of nitrogens with zero attached hydrogens (tertiary/aromatic N) is 1. The molecule has 1 aliphatic rings. The molecule has 1 aromatic rings. The van der Waals surface area contributed by atoms with Gasteiger partial charge in [-0.2, -0.15) is 4.31 Å². The zero-order valence-corrected chi connectivity index (χ0v) is 12.4. The van der Waals surface area contributed by atoms with E-state index in [4.69, 9.17) is 16.0 Å². The third kappa shape index (κ3) is 2.19. The van der Waals surface area contributed by atoms with E-state index >= 15 is 0 Å². The molecule has 0 N–H and O–H groups in total. The highest BCUT2D eigenvalue weighted by atomic mass is 35.5. The van der Waals surface area contributed by atoms with Gasteiger partial charge in [0.1, 0.15) is 16.4 Å². The first-order chi connectivity index (χ1) is 8.43. The minimum atomic E-state index is -3.49. The van der Waals surface area contributed by atoms with Crippen molar-refractivity contribution in [3.8, 4) is 0 Å². The highest BCUT2D eigenvalue weighted by Gasteiger charge is 2.39. The summed E-state index contributed by atoms with van der Waals surface area (Å²) in [6.45, 7) is 5.77. The Balaban J connectivity index is 2.52. The second-order valence-corrected chi connectivity index (χ2v) is 6.69. The third-order valence-electron chi connectivity index (χ3n) is 3.29. The fourth-order valence-electron chi connectivity index (χ4n) is 2.31. The van der Waals surface area contributed by atoms with Gasteiger partial charge in [0.2, 0.25) is 10.0 Å². The standard InChI is InChI=1S/C12H18ClNO3S/c1-4-14(10-5-6-10)18(15,16)12-9(3)17-8(2)11(12)7-13/h10H,4-7H2,1-3H3. The number of rotatable bonds is 5. The van der Waals surface area contributed by atoms with Gasteiger partial charge in [0.15, 0.2) is 0 Å². The van der Waals surface area contributed by atoms with Crippen LogP contribution in [0.1, 0.15) is 36.8 Å². The Kier molecular flexibility index (Phi) is 3.76. The number of alkyl halides is 1. The van der Waals surface area contributed by atoms with Crippen LogP contribution in [-0.4, -0.2) is 25.3 Å². The van der Waals surface area contributed by atoms with Gasteiger partial charge in [0, 0.05) is 18.2 Å². The second kappa shape index (κ2) is 4.87. The van der Waals surface area contributed by atoms with E-state index in [1.807, 2.05) is 6.92 Å². The van der Waals surface area contributed by atoms with Crippen molar-refractivity contribution in [1.29, 1.82) is 0 Å². The van der Waals surface area contributed by atoms with Crippen molar-refractivity contribution in [3.05, 3.63) is 17.1 Å². The minimum Gasteiger partial charge on any atom is -0.465 e. The van der Waals surface area contributed by atoms with E-state index in [-0.39, 0.29) is 16.8 Å². The molecule has 1 heterocycles. The van der Waals surface area contributed by atoms with Gasteiger partial charge in [-0.1, -0.05) is 6.92 Å². The van der Waals surface area contributed by atoms with E-state index in [1.165, 1.54) is 0 Å². The first kappa shape index (κ1) is 13.9. The Bertz CT molecular complexity index is 546. The van der Waals surface area contributed by atoms with Crippen LogP contribution >= 0.6 is 11.6 Å². The number of furan rings is 1. The van der Waals surface area contributed by atoms with Crippen molar-refractivity contribution in [2.24, 2.45) is 0 Å². The van der Waals surface area contributed by atoms with Gasteiger partial charge in [-0.15, -0.1) is 11.6 Å². The molecule has 18 heavy (non-hydrogen) atoms. The maximum atomic E-state index is 12.7. The molecule has 6 heteroatoms. The van der Waals surface area contributed by atoms with E-state index in [2.05, 4.69) is 0 Å². The van der Waals surface area contributed by atoms with Gasteiger partial charge in [-0.05, 0) is 26.7 Å². The molecule has 0 atom stereocenters. The van der Waals surface area contributed by atoms with Crippen molar-refractivity contribution in [2.75, 3.05) is 6.54 Å². The number of halogens is 1. The Morgan fingerprint density at radius 1 is 1.33 bits per heavy atom. The molecule has 0 amide bonds. The first-order valence-electron chi connectivity index (χ1n) is 6.10. The van der Waals surface area contributed by atoms with Gasteiger partial charge >= 0.3 is 0 Å². The molecule has 1 saturated carbocycles. The minimum absolute atomic E-state index is 0.151. The third-order valence-corrected chi connectivity index (χ3v) is 5.78. The fourth-order valence-corrected chi connectivity index (χ4v) is 4.82. The number of hydrogen-bond acceptors (Lipinski definition) is 3. The SMILES string of the molecule is CCN(C1CC1)S(=O)(=O)c1c(C)oc(C)c1CCl. The van der Waals surface area contributed by atoms with E-state index in [0.717, 1.165) is 12.8 Å². The molecule has 0 aromatic carbocycles. The lowest BCUT2D eigenvalue weighted by Gasteiger charge is -2.20. The molecule has 1 aliphatic carbocycles. The average Bonchev–Trinajstić information content (AvgIpc) is 3.04. The monoisotopic (exact) mass is 291 g/mol. The predicted molar refractivity (Wildman–Crippen MR) is 70.3 cm³/mol. The molecule has 0 unspecified atom stereocenters. The molecule has 102 valence electrons. The van der Waals surface area contributed by atoms with Crippen LogP contribution in [0.3, 0.4) is 0 Å². The summed E-state index contributed by atoms with van der Waals surface area (Å²) in [7, 11) is -3.49. The second-order valence-electron chi connectivity index (χ2n) is 4.60.